The molecule has 3 N–H and O–H groups in total. The molecule has 6 saturated carbocycles. The number of esters is 2. The van der Waals surface area contributed by atoms with Crippen molar-refractivity contribution < 1.29 is 90.7 Å². The van der Waals surface area contributed by atoms with Crippen molar-refractivity contribution in [2.75, 3.05) is 52.9 Å². The molecule has 0 radical (unpaired) electrons. The first-order chi connectivity index (χ1) is 34.7. The molecule has 10 aliphatic rings. The molecule has 8 aliphatic carbocycles. The van der Waals surface area contributed by atoms with Gasteiger partial charge in [-0.2, -0.15) is 0 Å². The van der Waals surface area contributed by atoms with Crippen molar-refractivity contribution in [1.29, 1.82) is 0 Å². The number of fused-ring (bicyclic) bond motifs is 14. The Balaban J connectivity index is 0.652. The monoisotopic (exact) mass is 1040 g/mol. The molecule has 74 heavy (non-hydrogen) atoms. The van der Waals surface area contributed by atoms with Gasteiger partial charge in [0.15, 0.2) is 46.7 Å². The van der Waals surface area contributed by atoms with E-state index in [1.807, 2.05) is 6.92 Å². The topological polar surface area (TPSA) is 229 Å². The molecular weight excluding hydrogens is 971 g/mol. The van der Waals surface area contributed by atoms with Crippen LogP contribution in [0.15, 0.2) is 47.6 Å². The normalized spacial score (nSPS) is 45.1. The molecule has 0 bridgehead atoms. The van der Waals surface area contributed by atoms with Crippen molar-refractivity contribution in [3.8, 4) is 0 Å². The van der Waals surface area contributed by atoms with Gasteiger partial charge in [0, 0.05) is 28.1 Å². The third kappa shape index (κ3) is 7.89. The molecular formula is C55H72F2O17. The molecule has 2 heterocycles. The van der Waals surface area contributed by atoms with E-state index in [9.17, 15) is 39.3 Å². The van der Waals surface area contributed by atoms with E-state index >= 15 is 8.78 Å². The van der Waals surface area contributed by atoms with Gasteiger partial charge in [0.05, 0.1) is 50.8 Å². The summed E-state index contributed by atoms with van der Waals surface area (Å²) in [7, 11) is 0. The number of aliphatic hydroxyl groups excluding tert-OH is 3. The Morgan fingerprint density at radius 2 is 1.20 bits per heavy atom. The van der Waals surface area contributed by atoms with Crippen LogP contribution in [0.2, 0.25) is 0 Å². The third-order valence-corrected chi connectivity index (χ3v) is 19.6. The standard InChI is InChI=1S/C55H72F2O17/c1-47(2)71-43-22-34-35-10-8-30-20-32(58)12-14-49(30,5)53(35,56)39(60)23-37(34)52(43,73-47)41(62)26-69-45(64)28-67-18-16-66-17-19-68-29-46(65)70-27-42(63)55-44(72-48(3,4)74-55)24-38-36-11-9-31-21-33(59)13-15-50(31,6)54(36,57)40(61)25-51(38,55)7/h12-15,20-21,34-41,43-44,60-62H,8-11,16-19,22-29H2,1-7H3/t34?,35?,36?,37?,38?,39-,40+,41?,43-,44+,49?,50?,51?,52-,53-,54-,55+/m0/s1. The van der Waals surface area contributed by atoms with Crippen LogP contribution in [-0.4, -0.2) is 162 Å². The number of Topliss-reactive ketones (excluding diaryl/α,β-unsaturated/α-hetero) is 1. The molecule has 0 aromatic carbocycles. The average molecular weight is 1040 g/mol. The number of alkyl halides is 2. The van der Waals surface area contributed by atoms with Crippen molar-refractivity contribution >= 4 is 29.3 Å². The molecule has 17 nitrogen and oxygen atoms in total. The van der Waals surface area contributed by atoms with Crippen molar-refractivity contribution in [3.05, 3.63) is 47.6 Å². The van der Waals surface area contributed by atoms with Crippen LogP contribution in [0.3, 0.4) is 0 Å². The lowest BCUT2D eigenvalue weighted by molar-refractivity contribution is -0.246. The zero-order valence-electron chi connectivity index (χ0n) is 43.4. The molecule has 2 aliphatic heterocycles. The minimum Gasteiger partial charge on any atom is -0.461 e. The molecule has 2 saturated heterocycles. The maximum absolute atomic E-state index is 17.7. The Labute approximate surface area is 429 Å². The van der Waals surface area contributed by atoms with E-state index in [1.165, 1.54) is 24.3 Å². The van der Waals surface area contributed by atoms with Gasteiger partial charge >= 0.3 is 11.9 Å². The van der Waals surface area contributed by atoms with Crippen LogP contribution in [-0.2, 0) is 66.6 Å². The predicted molar refractivity (Wildman–Crippen MR) is 254 cm³/mol. The largest absolute Gasteiger partial charge is 0.461 e. The van der Waals surface area contributed by atoms with Gasteiger partial charge in [-0.1, -0.05) is 30.2 Å². The lowest BCUT2D eigenvalue weighted by Crippen LogP contribution is -2.70. The van der Waals surface area contributed by atoms with Crippen LogP contribution >= 0.6 is 0 Å². The maximum atomic E-state index is 17.7. The summed E-state index contributed by atoms with van der Waals surface area (Å²) in [6.07, 6.45) is 5.29. The summed E-state index contributed by atoms with van der Waals surface area (Å²) in [5.41, 5.74) is -9.37. The van der Waals surface area contributed by atoms with Gasteiger partial charge in [0.2, 0.25) is 5.78 Å². The average Bonchev–Trinajstić information content (AvgIpc) is 3.96. The Morgan fingerprint density at radius 1 is 0.662 bits per heavy atom. The Morgan fingerprint density at radius 3 is 1.82 bits per heavy atom. The van der Waals surface area contributed by atoms with Crippen LogP contribution in [0.5, 0.6) is 0 Å². The number of allylic oxidation sites excluding steroid dienone is 8. The van der Waals surface area contributed by atoms with E-state index in [0.717, 1.165) is 0 Å². The second-order valence-corrected chi connectivity index (χ2v) is 24.1. The van der Waals surface area contributed by atoms with Crippen molar-refractivity contribution in [2.24, 2.45) is 45.8 Å². The van der Waals surface area contributed by atoms with Crippen LogP contribution in [0.4, 0.5) is 8.78 Å². The molecule has 0 aromatic rings. The summed E-state index contributed by atoms with van der Waals surface area (Å²) in [4.78, 5) is 64.5. The number of rotatable bonds is 16. The molecule has 9 unspecified atom stereocenters. The molecule has 0 spiro atoms. The molecule has 0 amide bonds. The van der Waals surface area contributed by atoms with Gasteiger partial charge in [-0.05, 0) is 135 Å². The zero-order chi connectivity index (χ0) is 53.2. The maximum Gasteiger partial charge on any atom is 0.332 e. The number of ether oxygens (including phenoxy) is 9. The smallest absolute Gasteiger partial charge is 0.332 e. The number of ketones is 3. The summed E-state index contributed by atoms with van der Waals surface area (Å²) in [6, 6.07) is 0. The van der Waals surface area contributed by atoms with Gasteiger partial charge < -0.3 is 58.0 Å². The van der Waals surface area contributed by atoms with Crippen LogP contribution < -0.4 is 0 Å². The summed E-state index contributed by atoms with van der Waals surface area (Å²) >= 11 is 0. The molecule has 408 valence electrons. The first-order valence-corrected chi connectivity index (χ1v) is 26.4. The second-order valence-electron chi connectivity index (χ2n) is 24.1. The summed E-state index contributed by atoms with van der Waals surface area (Å²) in [5, 5.41) is 35.3. The quantitative estimate of drug-likeness (QED) is 0.144. The number of aliphatic hydroxyl groups is 3. The number of carbonyl (C=O) groups is 5. The van der Waals surface area contributed by atoms with Crippen LogP contribution in [0, 0.1) is 45.8 Å². The lowest BCUT2D eigenvalue weighted by Gasteiger charge is -2.62. The molecule has 0 aromatic heterocycles. The van der Waals surface area contributed by atoms with E-state index in [4.69, 9.17) is 42.6 Å². The first kappa shape index (κ1) is 53.8. The number of hydrogen-bond donors (Lipinski definition) is 3. The summed E-state index contributed by atoms with van der Waals surface area (Å²) in [5.74, 6) is -7.42. The highest BCUT2D eigenvalue weighted by molar-refractivity contribution is 6.02. The first-order valence-electron chi connectivity index (χ1n) is 26.4. The highest BCUT2D eigenvalue weighted by Crippen LogP contribution is 2.73. The van der Waals surface area contributed by atoms with E-state index in [2.05, 4.69) is 0 Å². The van der Waals surface area contributed by atoms with E-state index in [1.54, 1.807) is 53.7 Å². The van der Waals surface area contributed by atoms with E-state index < -0.39 is 149 Å². The number of hydrogen-bond acceptors (Lipinski definition) is 17. The van der Waals surface area contributed by atoms with Gasteiger partial charge in [-0.25, -0.2) is 18.4 Å². The molecule has 17 atom stereocenters. The highest BCUT2D eigenvalue weighted by atomic mass is 19.1. The van der Waals surface area contributed by atoms with Crippen molar-refractivity contribution in [2.45, 2.75) is 164 Å². The van der Waals surface area contributed by atoms with Gasteiger partial charge in [-0.15, -0.1) is 0 Å². The number of halogens is 2. The van der Waals surface area contributed by atoms with E-state index in [-0.39, 0.29) is 63.2 Å². The fourth-order valence-corrected chi connectivity index (χ4v) is 16.5. The highest BCUT2D eigenvalue weighted by Gasteiger charge is 2.81. The lowest BCUT2D eigenvalue weighted by atomic mass is 9.44. The van der Waals surface area contributed by atoms with Crippen molar-refractivity contribution in [3.63, 3.8) is 0 Å². The van der Waals surface area contributed by atoms with Crippen molar-refractivity contribution in [1.82, 2.24) is 0 Å². The minimum atomic E-state index is -2.11. The predicted octanol–water partition coefficient (Wildman–Crippen LogP) is 4.40. The number of carbonyl (C=O) groups excluding carboxylic acids is 5. The third-order valence-electron chi connectivity index (χ3n) is 19.6. The molecule has 10 rings (SSSR count). The van der Waals surface area contributed by atoms with Crippen LogP contribution in [0.1, 0.15) is 99.8 Å². The second kappa shape index (κ2) is 18.5. The van der Waals surface area contributed by atoms with E-state index in [0.29, 0.717) is 43.3 Å². The van der Waals surface area contributed by atoms with Gasteiger partial charge in [0.1, 0.15) is 31.5 Å². The Bertz CT molecular complexity index is 2450. The van der Waals surface area contributed by atoms with Gasteiger partial charge in [0.25, 0.3) is 0 Å². The Kier molecular flexibility index (Phi) is 13.4. The molecule has 8 fully saturated rings. The fourth-order valence-electron chi connectivity index (χ4n) is 16.5. The summed E-state index contributed by atoms with van der Waals surface area (Å²) in [6.45, 7) is 10.1. The minimum absolute atomic E-state index is 0.00317. The van der Waals surface area contributed by atoms with Crippen LogP contribution in [0.25, 0.3) is 0 Å². The molecule has 19 heteroatoms. The van der Waals surface area contributed by atoms with Gasteiger partial charge in [-0.3, -0.25) is 14.4 Å². The fraction of sp³-hybridized carbons (Fsp3) is 0.764. The Hall–Kier alpha value is -3.63. The summed E-state index contributed by atoms with van der Waals surface area (Å²) < 4.78 is 88.3. The zero-order valence-corrected chi connectivity index (χ0v) is 43.4. The SMILES string of the molecule is CC1(C)O[C@H]2CC3C(C[C@H](O)[C@@]4(F)C3CCC3=CC(=O)C=CC34C)[C@@]2(C(O)COC(=O)COCCOCCOCC(=O)OCC(=O)[C@@]23OC(C)(C)O[C@@H]2CC2C4CCC5=CC(=O)C=CC5(C)[C@@]4(F)[C@H](O)CC23C)O1.